The molecule has 0 radical (unpaired) electrons. The molecule has 0 heterocycles. The van der Waals surface area contributed by atoms with E-state index < -0.39 is 11.7 Å². The van der Waals surface area contributed by atoms with Gasteiger partial charge in [0, 0.05) is 5.69 Å². The first-order valence-electron chi connectivity index (χ1n) is 5.74. The predicted octanol–water partition coefficient (Wildman–Crippen LogP) is 4.56. The second-order valence-corrected chi connectivity index (χ2v) is 4.64. The van der Waals surface area contributed by atoms with Crippen LogP contribution in [0.15, 0.2) is 36.4 Å². The average molecular weight is 312 g/mol. The Morgan fingerprint density at radius 1 is 1.10 bits per heavy atom. The van der Waals surface area contributed by atoms with Gasteiger partial charge in [0.1, 0.15) is 0 Å². The number of nitrogen functional groups attached to an aromatic ring is 1. The first-order chi connectivity index (χ1) is 9.81. The van der Waals surface area contributed by atoms with Gasteiger partial charge in [-0.2, -0.15) is 18.4 Å². The van der Waals surface area contributed by atoms with Gasteiger partial charge in [0.15, 0.2) is 0 Å². The fraction of sp³-hybridized carbons (Fsp3) is 0.0714. The molecule has 2 rings (SSSR count). The highest BCUT2D eigenvalue weighted by Crippen LogP contribution is 2.38. The monoisotopic (exact) mass is 311 g/mol. The normalized spacial score (nSPS) is 11.0. The molecule has 3 nitrogen and oxygen atoms in total. The molecule has 0 amide bonds. The highest BCUT2D eigenvalue weighted by Gasteiger charge is 2.33. The summed E-state index contributed by atoms with van der Waals surface area (Å²) < 4.78 is 39.0. The fourth-order valence-corrected chi connectivity index (χ4v) is 1.91. The Kier molecular flexibility index (Phi) is 3.96. The largest absolute Gasteiger partial charge is 0.418 e. The van der Waals surface area contributed by atoms with E-state index in [4.69, 9.17) is 22.6 Å². The lowest BCUT2D eigenvalue weighted by atomic mass is 10.1. The Balaban J connectivity index is 2.48. The first-order valence-corrected chi connectivity index (χ1v) is 6.12. The number of rotatable bonds is 2. The summed E-state index contributed by atoms with van der Waals surface area (Å²) in [6, 6.07) is 9.58. The SMILES string of the molecule is N#Cc1ccc(Cl)c(Nc2ccc(N)cc2C(F)(F)F)c1. The van der Waals surface area contributed by atoms with Gasteiger partial charge in [0.05, 0.1) is 33.6 Å². The topological polar surface area (TPSA) is 61.8 Å². The van der Waals surface area contributed by atoms with Crippen molar-refractivity contribution in [2.75, 3.05) is 11.1 Å². The molecule has 0 aliphatic rings. The van der Waals surface area contributed by atoms with Gasteiger partial charge in [0.25, 0.3) is 0 Å². The number of anilines is 3. The maximum atomic E-state index is 13.0. The Labute approximate surface area is 123 Å². The fourth-order valence-electron chi connectivity index (χ4n) is 1.74. The predicted molar refractivity (Wildman–Crippen MR) is 75.3 cm³/mol. The Morgan fingerprint density at radius 3 is 2.43 bits per heavy atom. The van der Waals surface area contributed by atoms with E-state index in [2.05, 4.69) is 5.32 Å². The molecule has 0 unspecified atom stereocenters. The van der Waals surface area contributed by atoms with Crippen LogP contribution in [0.4, 0.5) is 30.2 Å². The zero-order valence-corrected chi connectivity index (χ0v) is 11.3. The van der Waals surface area contributed by atoms with Crippen molar-refractivity contribution in [2.24, 2.45) is 0 Å². The molecule has 0 spiro atoms. The van der Waals surface area contributed by atoms with Gasteiger partial charge >= 0.3 is 6.18 Å². The van der Waals surface area contributed by atoms with Gasteiger partial charge in [-0.1, -0.05) is 11.6 Å². The summed E-state index contributed by atoms with van der Waals surface area (Å²) in [4.78, 5) is 0. The van der Waals surface area contributed by atoms with E-state index in [1.807, 2.05) is 6.07 Å². The van der Waals surface area contributed by atoms with Crippen LogP contribution in [0.2, 0.25) is 5.02 Å². The second kappa shape index (κ2) is 5.54. The van der Waals surface area contributed by atoms with Crippen LogP contribution in [0.5, 0.6) is 0 Å². The summed E-state index contributed by atoms with van der Waals surface area (Å²) in [6.45, 7) is 0. The zero-order chi connectivity index (χ0) is 15.6. The number of hydrogen-bond donors (Lipinski definition) is 2. The molecule has 2 aromatic rings. The van der Waals surface area contributed by atoms with E-state index >= 15 is 0 Å². The van der Waals surface area contributed by atoms with Crippen LogP contribution in [0, 0.1) is 11.3 Å². The molecule has 0 aromatic heterocycles. The van der Waals surface area contributed by atoms with Crippen molar-refractivity contribution in [3.05, 3.63) is 52.5 Å². The van der Waals surface area contributed by atoms with Crippen molar-refractivity contribution in [2.45, 2.75) is 6.18 Å². The van der Waals surface area contributed by atoms with E-state index in [9.17, 15) is 13.2 Å². The van der Waals surface area contributed by atoms with Crippen LogP contribution in [0.25, 0.3) is 0 Å². The molecule has 21 heavy (non-hydrogen) atoms. The van der Waals surface area contributed by atoms with Crippen LogP contribution < -0.4 is 11.1 Å². The van der Waals surface area contributed by atoms with Crippen LogP contribution in [-0.4, -0.2) is 0 Å². The number of alkyl halides is 3. The van der Waals surface area contributed by atoms with Crippen LogP contribution in [0.3, 0.4) is 0 Å². The van der Waals surface area contributed by atoms with E-state index in [0.717, 1.165) is 6.07 Å². The molecular formula is C14H9ClF3N3. The van der Waals surface area contributed by atoms with Gasteiger partial charge in [-0.25, -0.2) is 0 Å². The molecule has 0 fully saturated rings. The Morgan fingerprint density at radius 2 is 1.81 bits per heavy atom. The van der Waals surface area contributed by atoms with Crippen molar-refractivity contribution in [3.63, 3.8) is 0 Å². The highest BCUT2D eigenvalue weighted by molar-refractivity contribution is 6.33. The summed E-state index contributed by atoms with van der Waals surface area (Å²) in [7, 11) is 0. The van der Waals surface area contributed by atoms with Crippen LogP contribution in [-0.2, 0) is 6.18 Å². The number of hydrogen-bond acceptors (Lipinski definition) is 3. The number of benzene rings is 2. The first kappa shape index (κ1) is 15.0. The third-order valence-corrected chi connectivity index (χ3v) is 3.04. The molecule has 2 aromatic carbocycles. The van der Waals surface area contributed by atoms with Crippen molar-refractivity contribution < 1.29 is 13.2 Å². The van der Waals surface area contributed by atoms with Crippen molar-refractivity contribution >= 4 is 28.7 Å². The molecule has 3 N–H and O–H groups in total. The van der Waals surface area contributed by atoms with E-state index in [1.165, 1.54) is 30.3 Å². The maximum Gasteiger partial charge on any atom is 0.418 e. The van der Waals surface area contributed by atoms with Crippen LogP contribution in [0.1, 0.15) is 11.1 Å². The van der Waals surface area contributed by atoms with Gasteiger partial charge in [-0.05, 0) is 36.4 Å². The van der Waals surface area contributed by atoms with Crippen molar-refractivity contribution in [1.29, 1.82) is 5.26 Å². The minimum absolute atomic E-state index is 0.00440. The number of nitrogens with two attached hydrogens (primary N) is 1. The lowest BCUT2D eigenvalue weighted by Gasteiger charge is -2.16. The minimum atomic E-state index is -4.56. The van der Waals surface area contributed by atoms with Gasteiger partial charge in [0.2, 0.25) is 0 Å². The van der Waals surface area contributed by atoms with Gasteiger partial charge < -0.3 is 11.1 Å². The van der Waals surface area contributed by atoms with Crippen LogP contribution >= 0.6 is 11.6 Å². The molecular weight excluding hydrogens is 303 g/mol. The van der Waals surface area contributed by atoms with Gasteiger partial charge in [-0.15, -0.1) is 0 Å². The molecule has 0 saturated carbocycles. The van der Waals surface area contributed by atoms with Crippen molar-refractivity contribution in [3.8, 4) is 6.07 Å². The molecule has 0 aliphatic heterocycles. The minimum Gasteiger partial charge on any atom is -0.399 e. The smallest absolute Gasteiger partial charge is 0.399 e. The third-order valence-electron chi connectivity index (χ3n) is 2.71. The molecule has 0 aliphatic carbocycles. The van der Waals surface area contributed by atoms with E-state index in [-0.39, 0.29) is 27.6 Å². The van der Waals surface area contributed by atoms with Gasteiger partial charge in [-0.3, -0.25) is 0 Å². The molecule has 0 bridgehead atoms. The summed E-state index contributed by atoms with van der Waals surface area (Å²) in [6.07, 6.45) is -4.56. The second-order valence-electron chi connectivity index (χ2n) is 4.23. The number of nitrogens with zero attached hydrogens (tertiary/aromatic N) is 1. The Bertz CT molecular complexity index is 720. The third kappa shape index (κ3) is 3.38. The van der Waals surface area contributed by atoms with E-state index in [1.54, 1.807) is 0 Å². The lowest BCUT2D eigenvalue weighted by molar-refractivity contribution is -0.136. The summed E-state index contributed by atoms with van der Waals surface area (Å²) in [5.41, 5.74) is 4.81. The summed E-state index contributed by atoms with van der Waals surface area (Å²) >= 11 is 5.92. The Hall–Kier alpha value is -2.39. The molecule has 0 atom stereocenters. The molecule has 108 valence electrons. The lowest BCUT2D eigenvalue weighted by Crippen LogP contribution is -2.09. The molecule has 0 saturated heterocycles. The quantitative estimate of drug-likeness (QED) is 0.799. The van der Waals surface area contributed by atoms with Crippen molar-refractivity contribution in [1.82, 2.24) is 0 Å². The number of halogens is 4. The number of nitriles is 1. The average Bonchev–Trinajstić information content (AvgIpc) is 2.42. The summed E-state index contributed by atoms with van der Waals surface area (Å²) in [5, 5.41) is 11.6. The standard InChI is InChI=1S/C14H9ClF3N3/c15-11-3-1-8(7-19)5-13(11)21-12-4-2-9(20)6-10(12)14(16,17)18/h1-6,21H,20H2. The molecule has 7 heteroatoms. The maximum absolute atomic E-state index is 13.0. The highest BCUT2D eigenvalue weighted by atomic mass is 35.5. The zero-order valence-electron chi connectivity index (χ0n) is 10.5. The summed E-state index contributed by atoms with van der Waals surface area (Å²) in [5.74, 6) is 0. The number of nitrogens with one attached hydrogen (secondary N) is 1. The van der Waals surface area contributed by atoms with E-state index in [0.29, 0.717) is 0 Å².